The second-order valence-corrected chi connectivity index (χ2v) is 6.85. The number of hydrogen-bond acceptors (Lipinski definition) is 5. The molecule has 0 N–H and O–H groups in total. The average molecular weight is 286 g/mol. The smallest absolute Gasteiger partial charge is 0.244 e. The summed E-state index contributed by atoms with van der Waals surface area (Å²) in [6.45, 7) is 1.90. The molecule has 0 bridgehead atoms. The molecule has 7 heteroatoms. The molecule has 4 nitrogen and oxygen atoms in total. The Labute approximate surface area is 109 Å². The predicted molar refractivity (Wildman–Crippen MR) is 68.5 cm³/mol. The van der Waals surface area contributed by atoms with E-state index < -0.39 is 9.84 Å². The van der Waals surface area contributed by atoms with Crippen LogP contribution in [0.5, 0.6) is 0 Å². The van der Waals surface area contributed by atoms with Crippen molar-refractivity contribution in [3.05, 3.63) is 33.8 Å². The van der Waals surface area contributed by atoms with Gasteiger partial charge in [-0.05, 0) is 42.8 Å². The van der Waals surface area contributed by atoms with E-state index in [1.807, 2.05) is 6.92 Å². The largest absolute Gasteiger partial charge is 0.300 e. The van der Waals surface area contributed by atoms with E-state index in [0.29, 0.717) is 3.95 Å². The van der Waals surface area contributed by atoms with Crippen molar-refractivity contribution >= 4 is 33.6 Å². The first-order valence-corrected chi connectivity index (χ1v) is 7.44. The minimum Gasteiger partial charge on any atom is -0.300 e. The molecule has 0 aliphatic rings. The van der Waals surface area contributed by atoms with Crippen molar-refractivity contribution < 1.29 is 8.42 Å². The molecule has 0 radical (unpaired) electrons. The molecule has 1 aromatic carbocycles. The van der Waals surface area contributed by atoms with Gasteiger partial charge in [0.25, 0.3) is 0 Å². The lowest BCUT2D eigenvalue weighted by molar-refractivity contribution is 0.579. The molecule has 0 saturated carbocycles. The van der Waals surface area contributed by atoms with Gasteiger partial charge in [-0.15, -0.1) is 0 Å². The zero-order chi connectivity index (χ0) is 12.6. The summed E-state index contributed by atoms with van der Waals surface area (Å²) < 4.78 is 30.3. The number of hydrogen-bond donors (Lipinski definition) is 0. The van der Waals surface area contributed by atoms with Crippen LogP contribution in [0, 0.1) is 10.9 Å². The van der Waals surface area contributed by atoms with Crippen molar-refractivity contribution in [1.82, 2.24) is 8.94 Å². The fourth-order valence-corrected chi connectivity index (χ4v) is 3.79. The van der Waals surface area contributed by atoms with Crippen LogP contribution in [-0.4, -0.2) is 17.4 Å². The van der Waals surface area contributed by atoms with Crippen molar-refractivity contribution in [2.75, 3.05) is 0 Å². The minimum absolute atomic E-state index is 0.00338. The lowest BCUT2D eigenvalue weighted by atomic mass is 10.2. The van der Waals surface area contributed by atoms with Gasteiger partial charge < -0.3 is 4.57 Å². The molecule has 2 rings (SSSR count). The fraction of sp³-hybridized carbons (Fsp3) is 0.200. The molecule has 0 aliphatic heterocycles. The fourth-order valence-electron chi connectivity index (χ4n) is 1.33. The summed E-state index contributed by atoms with van der Waals surface area (Å²) in [4.78, 5) is 0.235. The van der Waals surface area contributed by atoms with Gasteiger partial charge in [0.15, 0.2) is 3.95 Å². The van der Waals surface area contributed by atoms with Crippen LogP contribution in [0.1, 0.15) is 5.56 Å². The van der Waals surface area contributed by atoms with Crippen molar-refractivity contribution in [2.24, 2.45) is 7.05 Å². The molecule has 0 amide bonds. The summed E-state index contributed by atoms with van der Waals surface area (Å²) in [5, 5.41) is -0.00338. The Morgan fingerprint density at radius 3 is 2.35 bits per heavy atom. The number of aromatic nitrogens is 2. The third-order valence-electron chi connectivity index (χ3n) is 2.33. The predicted octanol–water partition coefficient (Wildman–Crippen LogP) is 2.35. The van der Waals surface area contributed by atoms with Gasteiger partial charge in [-0.2, -0.15) is 4.37 Å². The Hall–Kier alpha value is -1.05. The highest BCUT2D eigenvalue weighted by molar-refractivity contribution is 7.91. The summed E-state index contributed by atoms with van der Waals surface area (Å²) in [5.41, 5.74) is 1.01. The lowest BCUT2D eigenvalue weighted by Gasteiger charge is -2.03. The Kier molecular flexibility index (Phi) is 3.15. The molecular weight excluding hydrogens is 276 g/mol. The highest BCUT2D eigenvalue weighted by Gasteiger charge is 2.23. The molecule has 1 heterocycles. The molecule has 0 atom stereocenters. The molecule has 90 valence electrons. The van der Waals surface area contributed by atoms with E-state index in [0.717, 1.165) is 17.1 Å². The highest BCUT2D eigenvalue weighted by Crippen LogP contribution is 2.20. The van der Waals surface area contributed by atoms with E-state index >= 15 is 0 Å². The Morgan fingerprint density at radius 1 is 1.29 bits per heavy atom. The van der Waals surface area contributed by atoms with Crippen LogP contribution in [-0.2, 0) is 16.9 Å². The highest BCUT2D eigenvalue weighted by atomic mass is 32.2. The molecular formula is C10H10N2O2S3. The first-order chi connectivity index (χ1) is 7.93. The van der Waals surface area contributed by atoms with Gasteiger partial charge in [0.1, 0.15) is 0 Å². The maximum Gasteiger partial charge on any atom is 0.244 e. The summed E-state index contributed by atoms with van der Waals surface area (Å²) in [5.74, 6) is 0. The standard InChI is InChI=1S/C10H10N2O2S3/c1-7-3-5-8(6-4-7)17(13,14)9-11-16-10(15)12(9)2/h3-6H,1-2H3. The van der Waals surface area contributed by atoms with E-state index in [4.69, 9.17) is 12.2 Å². The van der Waals surface area contributed by atoms with Gasteiger partial charge >= 0.3 is 0 Å². The van der Waals surface area contributed by atoms with Crippen LogP contribution in [0.25, 0.3) is 0 Å². The first-order valence-electron chi connectivity index (χ1n) is 4.77. The number of benzene rings is 1. The van der Waals surface area contributed by atoms with Crippen molar-refractivity contribution in [3.8, 4) is 0 Å². The third kappa shape index (κ3) is 2.18. The number of aryl methyl sites for hydroxylation is 1. The van der Waals surface area contributed by atoms with Gasteiger partial charge in [-0.25, -0.2) is 8.42 Å². The van der Waals surface area contributed by atoms with Crippen LogP contribution < -0.4 is 0 Å². The number of rotatable bonds is 2. The van der Waals surface area contributed by atoms with Crippen LogP contribution in [0.15, 0.2) is 34.3 Å². The molecule has 0 spiro atoms. The maximum atomic E-state index is 12.3. The molecule has 2 aromatic rings. The van der Waals surface area contributed by atoms with E-state index in [9.17, 15) is 8.42 Å². The van der Waals surface area contributed by atoms with Gasteiger partial charge in [0.2, 0.25) is 15.0 Å². The molecule has 0 unspecified atom stereocenters. The summed E-state index contributed by atoms with van der Waals surface area (Å²) in [6, 6.07) is 6.67. The van der Waals surface area contributed by atoms with E-state index in [2.05, 4.69) is 4.37 Å². The van der Waals surface area contributed by atoms with Crippen molar-refractivity contribution in [2.45, 2.75) is 17.0 Å². The number of nitrogens with zero attached hydrogens (tertiary/aromatic N) is 2. The third-order valence-corrected chi connectivity index (χ3v) is 5.38. The van der Waals surface area contributed by atoms with Crippen LogP contribution in [0.4, 0.5) is 0 Å². The normalized spacial score (nSPS) is 11.6. The molecule has 0 fully saturated rings. The van der Waals surface area contributed by atoms with Gasteiger partial charge in [0, 0.05) is 7.05 Å². The molecule has 0 aliphatic carbocycles. The van der Waals surface area contributed by atoms with Gasteiger partial charge in [0.05, 0.1) is 4.90 Å². The van der Waals surface area contributed by atoms with Gasteiger partial charge in [-0.1, -0.05) is 17.7 Å². The zero-order valence-corrected chi connectivity index (χ0v) is 11.7. The summed E-state index contributed by atoms with van der Waals surface area (Å²) in [7, 11) is -1.97. The van der Waals surface area contributed by atoms with Crippen molar-refractivity contribution in [3.63, 3.8) is 0 Å². The maximum absolute atomic E-state index is 12.3. The van der Waals surface area contributed by atoms with Gasteiger partial charge in [-0.3, -0.25) is 0 Å². The second kappa shape index (κ2) is 4.32. The quantitative estimate of drug-likeness (QED) is 0.795. The second-order valence-electron chi connectivity index (χ2n) is 3.61. The Morgan fingerprint density at radius 2 is 1.88 bits per heavy atom. The molecule has 0 saturated heterocycles. The monoisotopic (exact) mass is 286 g/mol. The first kappa shape index (κ1) is 12.4. The van der Waals surface area contributed by atoms with E-state index in [-0.39, 0.29) is 10.1 Å². The van der Waals surface area contributed by atoms with E-state index in [1.54, 1.807) is 31.3 Å². The SMILES string of the molecule is Cc1ccc(S(=O)(=O)c2nsc(=S)n2C)cc1. The van der Waals surface area contributed by atoms with Crippen LogP contribution >= 0.6 is 23.8 Å². The summed E-state index contributed by atoms with van der Waals surface area (Å²) in [6.07, 6.45) is 0. The Bertz CT molecular complexity index is 696. The minimum atomic E-state index is -3.57. The van der Waals surface area contributed by atoms with Crippen LogP contribution in [0.3, 0.4) is 0 Å². The topological polar surface area (TPSA) is 52.0 Å². The Balaban J connectivity index is 2.62. The molecule has 1 aromatic heterocycles. The zero-order valence-electron chi connectivity index (χ0n) is 9.25. The van der Waals surface area contributed by atoms with E-state index in [1.165, 1.54) is 4.57 Å². The average Bonchev–Trinajstić information content (AvgIpc) is 2.61. The number of sulfone groups is 1. The summed E-state index contributed by atoms with van der Waals surface area (Å²) >= 11 is 5.97. The van der Waals surface area contributed by atoms with Crippen molar-refractivity contribution in [1.29, 1.82) is 0 Å². The molecule has 17 heavy (non-hydrogen) atoms. The van der Waals surface area contributed by atoms with Crippen LogP contribution in [0.2, 0.25) is 0 Å². The lowest BCUT2D eigenvalue weighted by Crippen LogP contribution is -2.08.